The molecule has 2 aromatic heterocycles. The van der Waals surface area contributed by atoms with Gasteiger partial charge in [-0.25, -0.2) is 0 Å². The molecule has 1 N–H and O–H groups in total. The second-order valence-electron chi connectivity index (χ2n) is 6.79. The normalized spacial score (nSPS) is 11.1. The summed E-state index contributed by atoms with van der Waals surface area (Å²) in [7, 11) is 0. The Bertz CT molecular complexity index is 1130. The van der Waals surface area contributed by atoms with Gasteiger partial charge in [0.1, 0.15) is 24.7 Å². The van der Waals surface area contributed by atoms with Crippen LogP contribution in [0, 0.1) is 0 Å². The molecule has 160 valence electrons. The van der Waals surface area contributed by atoms with Crippen molar-refractivity contribution in [1.82, 2.24) is 4.98 Å². The summed E-state index contributed by atoms with van der Waals surface area (Å²) in [5, 5.41) is 11.7. The third kappa shape index (κ3) is 5.39. The van der Waals surface area contributed by atoms with Gasteiger partial charge in [0.05, 0.1) is 37.3 Å². The van der Waals surface area contributed by atoms with Gasteiger partial charge in [0.2, 0.25) is 6.20 Å². The molecule has 2 aromatic carbocycles. The Morgan fingerprint density at radius 3 is 2.06 bits per heavy atom. The van der Waals surface area contributed by atoms with Crippen LogP contribution in [-0.2, 0) is 9.47 Å². The molecular weight excluding hydrogens is 396 g/mol. The van der Waals surface area contributed by atoms with E-state index in [1.54, 1.807) is 18.5 Å². The zero-order chi connectivity index (χ0) is 21.3. The van der Waals surface area contributed by atoms with Gasteiger partial charge >= 0.3 is 0 Å². The molecule has 4 aromatic rings. The molecule has 0 saturated heterocycles. The fourth-order valence-electron chi connectivity index (χ4n) is 3.25. The van der Waals surface area contributed by atoms with Gasteiger partial charge in [-0.15, -0.1) is 0 Å². The Morgan fingerprint density at radius 2 is 1.29 bits per heavy atom. The summed E-state index contributed by atoms with van der Waals surface area (Å²) in [4.78, 5) is 4.32. The lowest BCUT2D eigenvalue weighted by molar-refractivity contribution is -0.884. The van der Waals surface area contributed by atoms with Crippen LogP contribution in [0.1, 0.15) is 0 Å². The first-order valence-electron chi connectivity index (χ1n) is 10.2. The van der Waals surface area contributed by atoms with E-state index in [9.17, 15) is 5.21 Å². The minimum atomic E-state index is 0.414. The van der Waals surface area contributed by atoms with Crippen LogP contribution in [0.5, 0.6) is 11.5 Å². The van der Waals surface area contributed by atoms with Crippen LogP contribution in [0.25, 0.3) is 21.8 Å². The number of ether oxygens (including phenoxy) is 4. The third-order valence-electron chi connectivity index (χ3n) is 4.73. The van der Waals surface area contributed by atoms with Crippen LogP contribution in [-0.4, -0.2) is 49.8 Å². The van der Waals surface area contributed by atoms with Crippen molar-refractivity contribution >= 4 is 21.8 Å². The summed E-state index contributed by atoms with van der Waals surface area (Å²) >= 11 is 0. The maximum absolute atomic E-state index is 9.85. The molecule has 0 aliphatic heterocycles. The molecule has 7 nitrogen and oxygen atoms in total. The minimum Gasteiger partial charge on any atom is -0.490 e. The van der Waals surface area contributed by atoms with E-state index in [0.29, 0.717) is 50.9 Å². The zero-order valence-corrected chi connectivity index (χ0v) is 17.1. The van der Waals surface area contributed by atoms with Crippen molar-refractivity contribution in [3.8, 4) is 11.5 Å². The predicted molar refractivity (Wildman–Crippen MR) is 116 cm³/mol. The van der Waals surface area contributed by atoms with Crippen LogP contribution in [0.4, 0.5) is 0 Å². The van der Waals surface area contributed by atoms with E-state index in [2.05, 4.69) is 4.98 Å². The molecule has 2 heterocycles. The van der Waals surface area contributed by atoms with E-state index in [0.717, 1.165) is 26.8 Å². The number of fused-ring (bicyclic) bond motifs is 2. The van der Waals surface area contributed by atoms with E-state index in [1.165, 1.54) is 0 Å². The molecule has 0 atom stereocenters. The van der Waals surface area contributed by atoms with Gasteiger partial charge in [0.25, 0.3) is 5.52 Å². The van der Waals surface area contributed by atoms with Crippen LogP contribution >= 0.6 is 0 Å². The lowest BCUT2D eigenvalue weighted by Gasteiger charge is -2.10. The van der Waals surface area contributed by atoms with E-state index >= 15 is 0 Å². The van der Waals surface area contributed by atoms with Gasteiger partial charge in [0.15, 0.2) is 0 Å². The van der Waals surface area contributed by atoms with E-state index < -0.39 is 0 Å². The zero-order valence-electron chi connectivity index (χ0n) is 17.1. The van der Waals surface area contributed by atoms with Gasteiger partial charge < -0.3 is 18.9 Å². The minimum absolute atomic E-state index is 0.414. The summed E-state index contributed by atoms with van der Waals surface area (Å²) in [6.45, 7) is 2.77. The van der Waals surface area contributed by atoms with Crippen molar-refractivity contribution in [2.45, 2.75) is 0 Å². The maximum Gasteiger partial charge on any atom is 0.268 e. The fourth-order valence-corrected chi connectivity index (χ4v) is 3.25. The van der Waals surface area contributed by atoms with Crippen LogP contribution < -0.4 is 14.2 Å². The molecule has 0 aliphatic rings. The van der Waals surface area contributed by atoms with Gasteiger partial charge in [-0.3, -0.25) is 10.2 Å². The Hall–Kier alpha value is -3.42. The lowest BCUT2D eigenvalue weighted by atomic mass is 10.2. The standard InChI is InChI=1S/C24H25N2O5/c27-26-12-10-24(20-6-2-4-8-22(20)26)31-18-16-29-14-13-28-15-17-30-23-9-11-25-21-7-3-1-5-19(21)23/h1-12,27H,13-18H2/q+1. The van der Waals surface area contributed by atoms with Crippen molar-refractivity contribution < 1.29 is 28.9 Å². The van der Waals surface area contributed by atoms with Gasteiger partial charge in [-0.05, 0) is 24.3 Å². The molecular formula is C24H25N2O5+. The number of rotatable bonds is 11. The monoisotopic (exact) mass is 421 g/mol. The first-order chi connectivity index (χ1) is 15.3. The Labute approximate surface area is 180 Å². The smallest absolute Gasteiger partial charge is 0.268 e. The highest BCUT2D eigenvalue weighted by atomic mass is 16.6. The molecule has 0 bridgehead atoms. The van der Waals surface area contributed by atoms with Gasteiger partial charge in [-0.1, -0.05) is 24.3 Å². The summed E-state index contributed by atoms with van der Waals surface area (Å²) in [5.41, 5.74) is 1.60. The second kappa shape index (κ2) is 10.6. The summed E-state index contributed by atoms with van der Waals surface area (Å²) in [6.07, 6.45) is 3.30. The highest BCUT2D eigenvalue weighted by molar-refractivity contribution is 5.84. The number of nitrogens with zero attached hydrogens (tertiary/aromatic N) is 2. The Kier molecular flexibility index (Phi) is 7.10. The summed E-state index contributed by atoms with van der Waals surface area (Å²) < 4.78 is 23.8. The second-order valence-corrected chi connectivity index (χ2v) is 6.79. The average molecular weight is 421 g/mol. The van der Waals surface area contributed by atoms with Crippen molar-refractivity contribution in [2.75, 3.05) is 39.6 Å². The number of hydrogen-bond acceptors (Lipinski definition) is 6. The summed E-state index contributed by atoms with van der Waals surface area (Å²) in [5.74, 6) is 1.52. The van der Waals surface area contributed by atoms with Crippen LogP contribution in [0.15, 0.2) is 73.1 Å². The molecule has 0 aliphatic carbocycles. The van der Waals surface area contributed by atoms with Crippen molar-refractivity contribution in [3.63, 3.8) is 0 Å². The van der Waals surface area contributed by atoms with E-state index in [1.807, 2.05) is 54.6 Å². The molecule has 0 fully saturated rings. The highest BCUT2D eigenvalue weighted by Gasteiger charge is 2.12. The quantitative estimate of drug-likeness (QED) is 0.227. The molecule has 7 heteroatoms. The SMILES string of the molecule is O[n+]1ccc(OCCOCCOCCOc2ccnc3ccccc23)c2ccccc21. The first-order valence-corrected chi connectivity index (χ1v) is 10.2. The lowest BCUT2D eigenvalue weighted by Crippen LogP contribution is -2.30. The number of benzene rings is 2. The van der Waals surface area contributed by atoms with E-state index in [-0.39, 0.29) is 0 Å². The molecule has 31 heavy (non-hydrogen) atoms. The van der Waals surface area contributed by atoms with Gasteiger partial charge in [-0.2, -0.15) is 0 Å². The summed E-state index contributed by atoms with van der Waals surface area (Å²) in [6, 6.07) is 19.0. The molecule has 0 unspecified atom stereocenters. The first kappa shape index (κ1) is 20.8. The van der Waals surface area contributed by atoms with Crippen molar-refractivity contribution in [2.24, 2.45) is 0 Å². The molecule has 0 saturated carbocycles. The number of para-hydroxylation sites is 2. The average Bonchev–Trinajstić information content (AvgIpc) is 2.82. The molecule has 0 spiro atoms. The van der Waals surface area contributed by atoms with Crippen molar-refractivity contribution in [1.29, 1.82) is 0 Å². The number of hydrogen-bond donors (Lipinski definition) is 1. The Balaban J connectivity index is 1.10. The van der Waals surface area contributed by atoms with Crippen LogP contribution in [0.3, 0.4) is 0 Å². The third-order valence-corrected chi connectivity index (χ3v) is 4.73. The predicted octanol–water partition coefficient (Wildman–Crippen LogP) is 3.40. The Morgan fingerprint density at radius 1 is 0.677 bits per heavy atom. The van der Waals surface area contributed by atoms with Crippen LogP contribution in [0.2, 0.25) is 0 Å². The molecule has 0 radical (unpaired) electrons. The van der Waals surface area contributed by atoms with Crippen molar-refractivity contribution in [3.05, 3.63) is 73.1 Å². The fraction of sp³-hybridized carbons (Fsp3) is 0.250. The largest absolute Gasteiger partial charge is 0.490 e. The maximum atomic E-state index is 9.85. The number of pyridine rings is 2. The van der Waals surface area contributed by atoms with E-state index in [4.69, 9.17) is 18.9 Å². The number of aromatic nitrogens is 2. The topological polar surface area (TPSA) is 73.9 Å². The highest BCUT2D eigenvalue weighted by Crippen LogP contribution is 2.23. The van der Waals surface area contributed by atoms with Gasteiger partial charge in [0, 0.05) is 28.4 Å². The molecule has 4 rings (SSSR count). The molecule has 0 amide bonds.